The highest BCUT2D eigenvalue weighted by Crippen LogP contribution is 2.21. The minimum Gasteiger partial charge on any atom is -0.480 e. The maximum absolute atomic E-state index is 12.2. The number of aliphatic hydroxyl groups excluding tert-OH is 2. The second-order valence-electron chi connectivity index (χ2n) is 8.53. The molecular formula is C21H36N4O10S. The van der Waals surface area contributed by atoms with Crippen LogP contribution >= 0.6 is 11.8 Å². The van der Waals surface area contributed by atoms with Crippen molar-refractivity contribution in [2.24, 2.45) is 11.1 Å². The summed E-state index contributed by atoms with van der Waals surface area (Å²) in [5, 5.41) is 35.0. The number of thioether (sulfide) groups is 1. The van der Waals surface area contributed by atoms with Crippen molar-refractivity contribution in [3.63, 3.8) is 0 Å². The number of aliphatic carboxylic acids is 1. The standard InChI is InChI=1S/C21H36N4O10S/c1-12(27)25-14(19(32)33)4-5-16(29)36-9-8-23-15(28)6-7-24-18(31)17(30)21(2,3)11-35-20(34)13(22)10-26/h13-14,17,26,30H,4-11,22H2,1-3H3,(H,23,28)(H,24,31)(H,25,27)(H,32,33)/t13-,14-,17-/m0/s1. The van der Waals surface area contributed by atoms with Gasteiger partial charge in [-0.05, 0) is 6.42 Å². The zero-order valence-corrected chi connectivity index (χ0v) is 21.4. The fraction of sp³-hybridized carbons (Fsp3) is 0.714. The first kappa shape index (κ1) is 33.2. The molecule has 0 aromatic carbocycles. The molecule has 36 heavy (non-hydrogen) atoms. The fourth-order valence-electron chi connectivity index (χ4n) is 2.55. The minimum absolute atomic E-state index is 0.0475. The number of nitrogens with one attached hydrogen (secondary N) is 3. The van der Waals surface area contributed by atoms with Crippen molar-refractivity contribution in [2.45, 2.75) is 58.2 Å². The summed E-state index contributed by atoms with van der Waals surface area (Å²) >= 11 is 0.916. The van der Waals surface area contributed by atoms with Crippen molar-refractivity contribution in [1.29, 1.82) is 0 Å². The lowest BCUT2D eigenvalue weighted by molar-refractivity contribution is -0.155. The highest BCUT2D eigenvalue weighted by Gasteiger charge is 2.35. The number of aliphatic hydroxyl groups is 2. The highest BCUT2D eigenvalue weighted by atomic mass is 32.2. The van der Waals surface area contributed by atoms with Crippen molar-refractivity contribution < 1.29 is 48.8 Å². The average molecular weight is 537 g/mol. The SMILES string of the molecule is CC(=O)N[C@@H](CCC(=O)SCCNC(=O)CCNC(=O)[C@H](O)C(C)(C)COC(=O)[C@@H](N)CO)C(=O)O. The van der Waals surface area contributed by atoms with E-state index in [2.05, 4.69) is 16.0 Å². The molecular weight excluding hydrogens is 500 g/mol. The van der Waals surface area contributed by atoms with E-state index in [9.17, 15) is 33.9 Å². The molecule has 14 nitrogen and oxygen atoms in total. The van der Waals surface area contributed by atoms with Crippen LogP contribution in [0.25, 0.3) is 0 Å². The molecule has 3 amide bonds. The maximum atomic E-state index is 12.2. The number of carboxylic acid groups (broad SMARTS) is 1. The lowest BCUT2D eigenvalue weighted by Crippen LogP contribution is -2.47. The second kappa shape index (κ2) is 16.8. The van der Waals surface area contributed by atoms with Crippen molar-refractivity contribution >= 4 is 46.5 Å². The molecule has 0 aliphatic rings. The Bertz CT molecular complexity index is 793. The molecule has 0 aromatic rings. The van der Waals surface area contributed by atoms with E-state index in [1.807, 2.05) is 0 Å². The minimum atomic E-state index is -1.55. The molecule has 0 rings (SSSR count). The van der Waals surface area contributed by atoms with Gasteiger partial charge < -0.3 is 41.7 Å². The van der Waals surface area contributed by atoms with Crippen molar-refractivity contribution in [2.75, 3.05) is 32.1 Å². The van der Waals surface area contributed by atoms with Crippen LogP contribution in [0.1, 0.15) is 40.0 Å². The number of ether oxygens (including phenoxy) is 1. The number of rotatable bonds is 17. The van der Waals surface area contributed by atoms with E-state index in [-0.39, 0.29) is 49.8 Å². The van der Waals surface area contributed by atoms with Gasteiger partial charge in [0.25, 0.3) is 0 Å². The molecule has 0 aliphatic carbocycles. The molecule has 0 saturated carbocycles. The number of carbonyl (C=O) groups excluding carboxylic acids is 5. The molecule has 0 fully saturated rings. The van der Waals surface area contributed by atoms with Gasteiger partial charge in [-0.15, -0.1) is 0 Å². The van der Waals surface area contributed by atoms with Crippen LogP contribution in [0.3, 0.4) is 0 Å². The first-order chi connectivity index (χ1) is 16.7. The van der Waals surface area contributed by atoms with Crippen LogP contribution in [-0.2, 0) is 33.5 Å². The molecule has 0 bridgehead atoms. The summed E-state index contributed by atoms with van der Waals surface area (Å²) < 4.78 is 4.90. The molecule has 8 N–H and O–H groups in total. The summed E-state index contributed by atoms with van der Waals surface area (Å²) in [6.07, 6.45) is -1.75. The normalized spacial score (nSPS) is 13.6. The first-order valence-corrected chi connectivity index (χ1v) is 12.1. The van der Waals surface area contributed by atoms with Crippen LogP contribution in [0.2, 0.25) is 0 Å². The van der Waals surface area contributed by atoms with Crippen LogP contribution < -0.4 is 21.7 Å². The van der Waals surface area contributed by atoms with Crippen LogP contribution in [0.15, 0.2) is 0 Å². The average Bonchev–Trinajstić information content (AvgIpc) is 2.81. The lowest BCUT2D eigenvalue weighted by Gasteiger charge is -2.29. The maximum Gasteiger partial charge on any atom is 0.326 e. The molecule has 0 heterocycles. The predicted molar refractivity (Wildman–Crippen MR) is 128 cm³/mol. The summed E-state index contributed by atoms with van der Waals surface area (Å²) in [7, 11) is 0. The molecule has 0 unspecified atom stereocenters. The zero-order chi connectivity index (χ0) is 27.9. The number of hydrogen-bond donors (Lipinski definition) is 7. The highest BCUT2D eigenvalue weighted by molar-refractivity contribution is 8.13. The van der Waals surface area contributed by atoms with E-state index in [0.29, 0.717) is 0 Å². The lowest BCUT2D eigenvalue weighted by atomic mass is 9.87. The molecule has 0 radical (unpaired) electrons. The second-order valence-corrected chi connectivity index (χ2v) is 9.68. The van der Waals surface area contributed by atoms with E-state index < -0.39 is 59.9 Å². The van der Waals surface area contributed by atoms with E-state index >= 15 is 0 Å². The summed E-state index contributed by atoms with van der Waals surface area (Å²) in [4.78, 5) is 69.4. The fourth-order valence-corrected chi connectivity index (χ4v) is 3.24. The zero-order valence-electron chi connectivity index (χ0n) is 20.6. The summed E-state index contributed by atoms with van der Waals surface area (Å²) in [6.45, 7) is 3.32. The molecule has 3 atom stereocenters. The van der Waals surface area contributed by atoms with E-state index in [0.717, 1.165) is 11.8 Å². The number of carboxylic acids is 1. The van der Waals surface area contributed by atoms with Crippen LogP contribution in [0.4, 0.5) is 0 Å². The van der Waals surface area contributed by atoms with Gasteiger partial charge in [0.15, 0.2) is 5.12 Å². The third kappa shape index (κ3) is 14.0. The Morgan fingerprint density at radius 2 is 1.69 bits per heavy atom. The summed E-state index contributed by atoms with van der Waals surface area (Å²) in [5.41, 5.74) is 4.17. The topological polar surface area (TPSA) is 234 Å². The van der Waals surface area contributed by atoms with Gasteiger partial charge in [0.1, 0.15) is 18.2 Å². The van der Waals surface area contributed by atoms with Crippen LogP contribution in [-0.4, -0.2) is 100 Å². The molecule has 0 saturated heterocycles. The van der Waals surface area contributed by atoms with Gasteiger partial charge in [0, 0.05) is 44.0 Å². The Hall–Kier alpha value is -2.75. The Kier molecular flexibility index (Phi) is 15.6. The van der Waals surface area contributed by atoms with Gasteiger partial charge in [0.05, 0.1) is 13.2 Å². The Morgan fingerprint density at radius 3 is 2.25 bits per heavy atom. The number of carbonyl (C=O) groups is 6. The number of hydrogen-bond acceptors (Lipinski definition) is 11. The Labute approximate surface area is 213 Å². The summed E-state index contributed by atoms with van der Waals surface area (Å²) in [6, 6.07) is -2.37. The van der Waals surface area contributed by atoms with Crippen LogP contribution in [0.5, 0.6) is 0 Å². The number of esters is 1. The van der Waals surface area contributed by atoms with Crippen molar-refractivity contribution in [3.05, 3.63) is 0 Å². The van der Waals surface area contributed by atoms with Crippen molar-refractivity contribution in [1.82, 2.24) is 16.0 Å². The smallest absolute Gasteiger partial charge is 0.326 e. The van der Waals surface area contributed by atoms with Crippen LogP contribution in [0, 0.1) is 5.41 Å². The largest absolute Gasteiger partial charge is 0.480 e. The van der Waals surface area contributed by atoms with Crippen molar-refractivity contribution in [3.8, 4) is 0 Å². The molecule has 206 valence electrons. The monoisotopic (exact) mass is 536 g/mol. The van der Waals surface area contributed by atoms with Gasteiger partial charge in [0.2, 0.25) is 17.7 Å². The van der Waals surface area contributed by atoms with Gasteiger partial charge in [-0.2, -0.15) is 0 Å². The third-order valence-corrected chi connectivity index (χ3v) is 5.66. The predicted octanol–water partition coefficient (Wildman–Crippen LogP) is -2.51. The Balaban J connectivity index is 4.18. The molecule has 0 aliphatic heterocycles. The summed E-state index contributed by atoms with van der Waals surface area (Å²) in [5.74, 6) is -3.53. The number of nitrogens with two attached hydrogens (primary N) is 1. The quantitative estimate of drug-likeness (QED) is 0.0754. The van der Waals surface area contributed by atoms with Gasteiger partial charge >= 0.3 is 11.9 Å². The third-order valence-electron chi connectivity index (χ3n) is 4.73. The van der Waals surface area contributed by atoms with Gasteiger partial charge in [-0.25, -0.2) is 4.79 Å². The molecule has 0 aromatic heterocycles. The van der Waals surface area contributed by atoms with Gasteiger partial charge in [-0.3, -0.25) is 24.0 Å². The van der Waals surface area contributed by atoms with E-state index in [1.165, 1.54) is 20.8 Å². The number of amides is 3. The van der Waals surface area contributed by atoms with E-state index in [1.54, 1.807) is 0 Å². The molecule has 0 spiro atoms. The Morgan fingerprint density at radius 1 is 1.06 bits per heavy atom. The first-order valence-electron chi connectivity index (χ1n) is 11.1. The van der Waals surface area contributed by atoms with E-state index in [4.69, 9.17) is 20.7 Å². The van der Waals surface area contributed by atoms with Gasteiger partial charge in [-0.1, -0.05) is 25.6 Å². The molecule has 15 heteroatoms.